The Kier molecular flexibility index (Phi) is 3.95. The van der Waals surface area contributed by atoms with Crippen molar-refractivity contribution in [3.63, 3.8) is 0 Å². The molecule has 1 N–H and O–H groups in total. The number of thiophene rings is 1. The molecule has 0 saturated heterocycles. The van der Waals surface area contributed by atoms with E-state index in [0.29, 0.717) is 11.4 Å². The lowest BCUT2D eigenvalue weighted by Gasteiger charge is -2.11. The zero-order valence-electron chi connectivity index (χ0n) is 11.1. The predicted octanol–water partition coefficient (Wildman–Crippen LogP) is 4.97. The third-order valence-corrected chi connectivity index (χ3v) is 4.81. The zero-order valence-corrected chi connectivity index (χ0v) is 12.7. The molecule has 4 heteroatoms. The molecule has 0 saturated carbocycles. The first-order valence-corrected chi connectivity index (χ1v) is 7.78. The molecule has 0 bridgehead atoms. The summed E-state index contributed by atoms with van der Waals surface area (Å²) in [6.07, 6.45) is 0.496. The number of hydrogen-bond acceptors (Lipinski definition) is 2. The summed E-state index contributed by atoms with van der Waals surface area (Å²) in [4.78, 5) is 12.6. The second-order valence-corrected chi connectivity index (χ2v) is 6.51. The van der Waals surface area contributed by atoms with Gasteiger partial charge >= 0.3 is 5.97 Å². The van der Waals surface area contributed by atoms with Crippen molar-refractivity contribution in [2.45, 2.75) is 12.3 Å². The summed E-state index contributed by atoms with van der Waals surface area (Å²) >= 11 is 7.61. The van der Waals surface area contributed by atoms with Crippen LogP contribution in [-0.4, -0.2) is 11.1 Å². The normalized spacial score (nSPS) is 12.4. The lowest BCUT2D eigenvalue weighted by atomic mass is 9.95. The van der Waals surface area contributed by atoms with Crippen molar-refractivity contribution >= 4 is 39.0 Å². The van der Waals surface area contributed by atoms with Crippen molar-refractivity contribution in [2.75, 3.05) is 0 Å². The highest BCUT2D eigenvalue weighted by atomic mass is 35.5. The van der Waals surface area contributed by atoms with E-state index in [9.17, 15) is 9.90 Å². The molecule has 3 rings (SSSR count). The fourth-order valence-electron chi connectivity index (χ4n) is 2.40. The number of fused-ring (bicyclic) bond motifs is 1. The molecule has 1 unspecified atom stereocenters. The van der Waals surface area contributed by atoms with Gasteiger partial charge in [-0.05, 0) is 41.6 Å². The monoisotopic (exact) mass is 316 g/mol. The lowest BCUT2D eigenvalue weighted by Crippen LogP contribution is -2.13. The molecule has 1 heterocycles. The average molecular weight is 317 g/mol. The standard InChI is InChI=1S/C17H13ClO2S/c18-13-6-7-16-12(8-13)9-14(21-16)10-15(17(19)20)11-4-2-1-3-5-11/h1-9,15H,10H2,(H,19,20). The van der Waals surface area contributed by atoms with Gasteiger partial charge in [0.1, 0.15) is 0 Å². The summed E-state index contributed by atoms with van der Waals surface area (Å²) < 4.78 is 1.13. The van der Waals surface area contributed by atoms with Crippen LogP contribution in [0.2, 0.25) is 5.02 Å². The minimum absolute atomic E-state index is 0.496. The molecule has 0 aliphatic carbocycles. The molecule has 0 aliphatic rings. The third-order valence-electron chi connectivity index (χ3n) is 3.43. The molecule has 0 aliphatic heterocycles. The zero-order chi connectivity index (χ0) is 14.8. The predicted molar refractivity (Wildman–Crippen MR) is 87.4 cm³/mol. The van der Waals surface area contributed by atoms with Crippen molar-refractivity contribution < 1.29 is 9.90 Å². The van der Waals surface area contributed by atoms with Gasteiger partial charge in [0, 0.05) is 14.6 Å². The highest BCUT2D eigenvalue weighted by Gasteiger charge is 2.21. The molecular weight excluding hydrogens is 304 g/mol. The van der Waals surface area contributed by atoms with E-state index in [2.05, 4.69) is 0 Å². The van der Waals surface area contributed by atoms with Crippen LogP contribution < -0.4 is 0 Å². The van der Waals surface area contributed by atoms with E-state index < -0.39 is 11.9 Å². The first kappa shape index (κ1) is 14.1. The fourth-order valence-corrected chi connectivity index (χ4v) is 3.67. The number of hydrogen-bond donors (Lipinski definition) is 1. The van der Waals surface area contributed by atoms with Crippen LogP contribution in [0.4, 0.5) is 0 Å². The summed E-state index contributed by atoms with van der Waals surface area (Å²) in [5.41, 5.74) is 0.834. The summed E-state index contributed by atoms with van der Waals surface area (Å²) in [5, 5.41) is 11.3. The van der Waals surface area contributed by atoms with Gasteiger partial charge in [-0.3, -0.25) is 4.79 Å². The van der Waals surface area contributed by atoms with E-state index in [4.69, 9.17) is 11.6 Å². The minimum atomic E-state index is -0.795. The van der Waals surface area contributed by atoms with Crippen molar-refractivity contribution in [1.82, 2.24) is 0 Å². The summed E-state index contributed by atoms with van der Waals surface area (Å²) in [6, 6.07) is 17.1. The Morgan fingerprint density at radius 3 is 2.62 bits per heavy atom. The molecule has 106 valence electrons. The topological polar surface area (TPSA) is 37.3 Å². The molecule has 3 aromatic rings. The SMILES string of the molecule is O=C(O)C(Cc1cc2cc(Cl)ccc2s1)c1ccccc1. The van der Waals surface area contributed by atoms with Gasteiger partial charge in [0.15, 0.2) is 0 Å². The number of carboxylic acid groups (broad SMARTS) is 1. The smallest absolute Gasteiger partial charge is 0.311 e. The largest absolute Gasteiger partial charge is 0.481 e. The van der Waals surface area contributed by atoms with Gasteiger partial charge in [0.25, 0.3) is 0 Å². The second-order valence-electron chi connectivity index (χ2n) is 4.90. The Hall–Kier alpha value is -1.84. The maximum atomic E-state index is 11.6. The Morgan fingerprint density at radius 1 is 1.14 bits per heavy atom. The van der Waals surface area contributed by atoms with Gasteiger partial charge in [0.05, 0.1) is 5.92 Å². The number of carbonyl (C=O) groups is 1. The van der Waals surface area contributed by atoms with Gasteiger partial charge in [0.2, 0.25) is 0 Å². The van der Waals surface area contributed by atoms with Crippen LogP contribution in [0.1, 0.15) is 16.4 Å². The van der Waals surface area contributed by atoms with Crippen molar-refractivity contribution in [1.29, 1.82) is 0 Å². The van der Waals surface area contributed by atoms with Gasteiger partial charge in [-0.25, -0.2) is 0 Å². The average Bonchev–Trinajstić information content (AvgIpc) is 2.87. The fraction of sp³-hybridized carbons (Fsp3) is 0.118. The number of carboxylic acids is 1. The highest BCUT2D eigenvalue weighted by Crippen LogP contribution is 2.31. The summed E-state index contributed by atoms with van der Waals surface area (Å²) in [6.45, 7) is 0. The Labute approximate surface area is 131 Å². The highest BCUT2D eigenvalue weighted by molar-refractivity contribution is 7.19. The molecule has 2 aromatic carbocycles. The Bertz CT molecular complexity index is 780. The summed E-state index contributed by atoms with van der Waals surface area (Å²) in [7, 11) is 0. The first-order chi connectivity index (χ1) is 10.1. The van der Waals surface area contributed by atoms with Crippen LogP contribution in [0.15, 0.2) is 54.6 Å². The van der Waals surface area contributed by atoms with Crippen LogP contribution in [0.3, 0.4) is 0 Å². The van der Waals surface area contributed by atoms with E-state index in [0.717, 1.165) is 20.5 Å². The van der Waals surface area contributed by atoms with E-state index in [1.807, 2.05) is 54.6 Å². The van der Waals surface area contributed by atoms with E-state index in [1.165, 1.54) is 0 Å². The van der Waals surface area contributed by atoms with Crippen molar-refractivity contribution in [3.05, 3.63) is 70.1 Å². The van der Waals surface area contributed by atoms with E-state index >= 15 is 0 Å². The minimum Gasteiger partial charge on any atom is -0.481 e. The Morgan fingerprint density at radius 2 is 1.90 bits per heavy atom. The molecule has 0 spiro atoms. The van der Waals surface area contributed by atoms with Crippen molar-refractivity contribution in [3.8, 4) is 0 Å². The molecule has 1 aromatic heterocycles. The Balaban J connectivity index is 1.93. The van der Waals surface area contributed by atoms with Crippen LogP contribution >= 0.6 is 22.9 Å². The molecule has 1 atom stereocenters. The van der Waals surface area contributed by atoms with E-state index in [1.54, 1.807) is 11.3 Å². The number of aliphatic carboxylic acids is 1. The number of benzene rings is 2. The van der Waals surface area contributed by atoms with Gasteiger partial charge in [-0.15, -0.1) is 11.3 Å². The van der Waals surface area contributed by atoms with Gasteiger partial charge in [-0.1, -0.05) is 41.9 Å². The molecule has 0 fully saturated rings. The van der Waals surface area contributed by atoms with Gasteiger partial charge in [-0.2, -0.15) is 0 Å². The quantitative estimate of drug-likeness (QED) is 0.738. The first-order valence-electron chi connectivity index (χ1n) is 6.59. The molecule has 2 nitrogen and oxygen atoms in total. The maximum absolute atomic E-state index is 11.6. The maximum Gasteiger partial charge on any atom is 0.311 e. The van der Waals surface area contributed by atoms with E-state index in [-0.39, 0.29) is 0 Å². The summed E-state index contributed by atoms with van der Waals surface area (Å²) in [5.74, 6) is -1.31. The van der Waals surface area contributed by atoms with Crippen LogP contribution in [-0.2, 0) is 11.2 Å². The van der Waals surface area contributed by atoms with Crippen LogP contribution in [0.25, 0.3) is 10.1 Å². The molecule has 0 radical (unpaired) electrons. The van der Waals surface area contributed by atoms with Crippen molar-refractivity contribution in [2.24, 2.45) is 0 Å². The number of rotatable bonds is 4. The number of halogens is 1. The molecular formula is C17H13ClO2S. The van der Waals surface area contributed by atoms with Crippen LogP contribution in [0.5, 0.6) is 0 Å². The van der Waals surface area contributed by atoms with Gasteiger partial charge < -0.3 is 5.11 Å². The molecule has 21 heavy (non-hydrogen) atoms. The molecule has 0 amide bonds. The lowest BCUT2D eigenvalue weighted by molar-refractivity contribution is -0.138. The van der Waals surface area contributed by atoms with Crippen LogP contribution in [0, 0.1) is 0 Å². The third kappa shape index (κ3) is 3.09. The second kappa shape index (κ2) is 5.88.